The molecule has 0 atom stereocenters. The van der Waals surface area contributed by atoms with Crippen molar-refractivity contribution < 1.29 is 0 Å². The van der Waals surface area contributed by atoms with Gasteiger partial charge in [-0.25, -0.2) is 9.78 Å². The molecule has 2 rings (SSSR count). The lowest BCUT2D eigenvalue weighted by Crippen LogP contribution is -2.41. The van der Waals surface area contributed by atoms with Crippen molar-refractivity contribution in [3.8, 4) is 0 Å². The van der Waals surface area contributed by atoms with Crippen molar-refractivity contribution in [1.82, 2.24) is 18.7 Å². The van der Waals surface area contributed by atoms with Gasteiger partial charge >= 0.3 is 5.69 Å². The molecule has 0 saturated carbocycles. The Labute approximate surface area is 129 Å². The summed E-state index contributed by atoms with van der Waals surface area (Å²) in [5.41, 5.74) is 6.04. The molecule has 0 spiro atoms. The topological polar surface area (TPSA) is 87.8 Å². The van der Waals surface area contributed by atoms with Crippen molar-refractivity contribution in [2.45, 2.75) is 59.7 Å². The smallest absolute Gasteiger partial charge is 0.330 e. The molecule has 7 heteroatoms. The summed E-state index contributed by atoms with van der Waals surface area (Å²) >= 11 is 0. The highest BCUT2D eigenvalue weighted by Crippen LogP contribution is 2.12. The number of hydrogen-bond acceptors (Lipinski definition) is 4. The second kappa shape index (κ2) is 6.91. The van der Waals surface area contributed by atoms with E-state index in [0.717, 1.165) is 18.7 Å². The van der Waals surface area contributed by atoms with Crippen LogP contribution >= 0.6 is 0 Å². The second-order valence-electron chi connectivity index (χ2n) is 5.33. The summed E-state index contributed by atoms with van der Waals surface area (Å²) in [5, 5.41) is 0. The lowest BCUT2D eigenvalue weighted by molar-refractivity contribution is 0.545. The molecule has 2 N–H and O–H groups in total. The Kier molecular flexibility index (Phi) is 5.18. The first-order valence-electron chi connectivity index (χ1n) is 8.03. The van der Waals surface area contributed by atoms with E-state index in [-0.39, 0.29) is 11.2 Å². The molecule has 22 heavy (non-hydrogen) atoms. The average molecular weight is 307 g/mol. The van der Waals surface area contributed by atoms with Crippen molar-refractivity contribution in [3.63, 3.8) is 0 Å². The van der Waals surface area contributed by atoms with Crippen LogP contribution in [0.25, 0.3) is 11.2 Å². The second-order valence-corrected chi connectivity index (χ2v) is 5.33. The SMILES string of the molecule is CCCn1c(=O)n(CCCN)c(=O)c2c1nc(CC)n2CC. The van der Waals surface area contributed by atoms with Gasteiger partial charge in [0.05, 0.1) is 0 Å². The highest BCUT2D eigenvalue weighted by molar-refractivity contribution is 5.71. The lowest BCUT2D eigenvalue weighted by Gasteiger charge is -2.11. The Morgan fingerprint density at radius 3 is 2.32 bits per heavy atom. The monoisotopic (exact) mass is 307 g/mol. The molecule has 0 aliphatic heterocycles. The van der Waals surface area contributed by atoms with Gasteiger partial charge < -0.3 is 10.3 Å². The molecule has 2 aromatic heterocycles. The summed E-state index contributed by atoms with van der Waals surface area (Å²) in [4.78, 5) is 30.0. The number of imidazole rings is 1. The number of aromatic nitrogens is 4. The van der Waals surface area contributed by atoms with E-state index in [1.807, 2.05) is 25.3 Å². The van der Waals surface area contributed by atoms with Gasteiger partial charge in [0.2, 0.25) is 0 Å². The fraction of sp³-hybridized carbons (Fsp3) is 0.667. The normalized spacial score (nSPS) is 11.5. The van der Waals surface area contributed by atoms with Gasteiger partial charge in [0.25, 0.3) is 5.56 Å². The van der Waals surface area contributed by atoms with Gasteiger partial charge in [-0.1, -0.05) is 13.8 Å². The standard InChI is InChI=1S/C15H25N5O2/c1-4-9-19-13-12(18(6-3)11(5-2)17-13)14(21)20(15(19)22)10-7-8-16/h4-10,16H2,1-3H3. The first kappa shape index (κ1) is 16.5. The number of hydrogen-bond donors (Lipinski definition) is 1. The Bertz CT molecular complexity index is 769. The quantitative estimate of drug-likeness (QED) is 0.815. The molecule has 122 valence electrons. The van der Waals surface area contributed by atoms with E-state index >= 15 is 0 Å². The molecule has 0 aliphatic carbocycles. The molecule has 2 heterocycles. The number of fused-ring (bicyclic) bond motifs is 1. The minimum absolute atomic E-state index is 0.255. The van der Waals surface area contributed by atoms with E-state index in [1.165, 1.54) is 4.57 Å². The third-order valence-corrected chi connectivity index (χ3v) is 3.86. The minimum Gasteiger partial charge on any atom is -0.330 e. The van der Waals surface area contributed by atoms with E-state index in [2.05, 4.69) is 4.98 Å². The number of nitrogens with two attached hydrogens (primary N) is 1. The van der Waals surface area contributed by atoms with Crippen LogP contribution in [0, 0.1) is 0 Å². The van der Waals surface area contributed by atoms with Crippen molar-refractivity contribution in [3.05, 3.63) is 26.7 Å². The highest BCUT2D eigenvalue weighted by Gasteiger charge is 2.19. The predicted molar refractivity (Wildman–Crippen MR) is 87.3 cm³/mol. The maximum atomic E-state index is 12.8. The Morgan fingerprint density at radius 2 is 1.77 bits per heavy atom. The zero-order valence-electron chi connectivity index (χ0n) is 13.6. The van der Waals surface area contributed by atoms with Crippen LogP contribution in [-0.4, -0.2) is 25.2 Å². The molecular weight excluding hydrogens is 282 g/mol. The first-order valence-corrected chi connectivity index (χ1v) is 8.03. The van der Waals surface area contributed by atoms with Gasteiger partial charge in [-0.15, -0.1) is 0 Å². The molecule has 0 aromatic carbocycles. The summed E-state index contributed by atoms with van der Waals surface area (Å²) in [5.74, 6) is 0.843. The molecule has 0 unspecified atom stereocenters. The molecule has 0 saturated heterocycles. The fourth-order valence-corrected chi connectivity index (χ4v) is 2.82. The van der Waals surface area contributed by atoms with Crippen LogP contribution in [0.1, 0.15) is 39.4 Å². The van der Waals surface area contributed by atoms with Crippen LogP contribution in [0.2, 0.25) is 0 Å². The van der Waals surface area contributed by atoms with Crippen molar-refractivity contribution >= 4 is 11.2 Å². The van der Waals surface area contributed by atoms with Gasteiger partial charge in [0.15, 0.2) is 11.2 Å². The van der Waals surface area contributed by atoms with Crippen molar-refractivity contribution in [1.29, 1.82) is 0 Å². The van der Waals surface area contributed by atoms with Crippen LogP contribution in [0.15, 0.2) is 9.59 Å². The minimum atomic E-state index is -0.281. The van der Waals surface area contributed by atoms with Gasteiger partial charge in [-0.05, 0) is 26.3 Å². The van der Waals surface area contributed by atoms with Crippen LogP contribution < -0.4 is 17.0 Å². The summed E-state index contributed by atoms with van der Waals surface area (Å²) in [6.07, 6.45) is 2.14. The third kappa shape index (κ3) is 2.61. The molecule has 0 radical (unpaired) electrons. The summed E-state index contributed by atoms with van der Waals surface area (Å²) < 4.78 is 4.85. The van der Waals surface area contributed by atoms with Crippen LogP contribution in [0.3, 0.4) is 0 Å². The number of rotatable bonds is 7. The number of aryl methyl sites for hydroxylation is 3. The zero-order valence-corrected chi connectivity index (χ0v) is 13.6. The lowest BCUT2D eigenvalue weighted by atomic mass is 10.4. The van der Waals surface area contributed by atoms with Crippen molar-refractivity contribution in [2.24, 2.45) is 5.73 Å². The summed E-state index contributed by atoms with van der Waals surface area (Å²) in [6.45, 7) is 8.01. The molecular formula is C15H25N5O2. The predicted octanol–water partition coefficient (Wildman–Crippen LogP) is 0.701. The largest absolute Gasteiger partial charge is 0.332 e. The highest BCUT2D eigenvalue weighted by atomic mass is 16.2. The first-order chi connectivity index (χ1) is 10.6. The average Bonchev–Trinajstić information content (AvgIpc) is 2.90. The molecule has 0 fully saturated rings. The van der Waals surface area contributed by atoms with E-state index in [0.29, 0.717) is 43.8 Å². The maximum absolute atomic E-state index is 12.8. The van der Waals surface area contributed by atoms with E-state index < -0.39 is 0 Å². The third-order valence-electron chi connectivity index (χ3n) is 3.86. The molecule has 0 amide bonds. The van der Waals surface area contributed by atoms with Gasteiger partial charge in [-0.2, -0.15) is 0 Å². The van der Waals surface area contributed by atoms with Crippen molar-refractivity contribution in [2.75, 3.05) is 6.54 Å². The van der Waals surface area contributed by atoms with E-state index in [4.69, 9.17) is 5.73 Å². The number of nitrogens with zero attached hydrogens (tertiary/aromatic N) is 4. The molecule has 2 aromatic rings. The van der Waals surface area contributed by atoms with Crippen LogP contribution in [-0.2, 0) is 26.1 Å². The molecule has 0 bridgehead atoms. The fourth-order valence-electron chi connectivity index (χ4n) is 2.82. The Balaban J connectivity index is 2.87. The van der Waals surface area contributed by atoms with Gasteiger partial charge in [-0.3, -0.25) is 13.9 Å². The van der Waals surface area contributed by atoms with E-state index in [9.17, 15) is 9.59 Å². The van der Waals surface area contributed by atoms with Gasteiger partial charge in [0, 0.05) is 26.1 Å². The van der Waals surface area contributed by atoms with Crippen LogP contribution in [0.5, 0.6) is 0 Å². The van der Waals surface area contributed by atoms with Gasteiger partial charge in [0.1, 0.15) is 5.82 Å². The molecule has 0 aliphatic rings. The van der Waals surface area contributed by atoms with E-state index in [1.54, 1.807) is 4.57 Å². The summed E-state index contributed by atoms with van der Waals surface area (Å²) in [7, 11) is 0. The molecule has 7 nitrogen and oxygen atoms in total. The summed E-state index contributed by atoms with van der Waals surface area (Å²) in [6, 6.07) is 0. The van der Waals surface area contributed by atoms with Crippen LogP contribution in [0.4, 0.5) is 0 Å². The maximum Gasteiger partial charge on any atom is 0.332 e. The Hall–Kier alpha value is -1.89. The zero-order chi connectivity index (χ0) is 16.3. The Morgan fingerprint density at radius 1 is 1.05 bits per heavy atom.